The van der Waals surface area contributed by atoms with Crippen molar-refractivity contribution in [2.75, 3.05) is 5.73 Å². The number of nitrogen functional groups attached to an aromatic ring is 1. The lowest BCUT2D eigenvalue weighted by atomic mass is 10.1. The van der Waals surface area contributed by atoms with Crippen LogP contribution in [0, 0.1) is 17.0 Å². The molecule has 2 N–H and O–H groups in total. The normalized spacial score (nSPS) is 11.5. The molecule has 0 radical (unpaired) electrons. The van der Waals surface area contributed by atoms with Crippen LogP contribution in [0.4, 0.5) is 24.5 Å². The van der Waals surface area contributed by atoms with Crippen LogP contribution in [0.25, 0.3) is 0 Å². The van der Waals surface area contributed by atoms with Crippen molar-refractivity contribution in [1.82, 2.24) is 0 Å². The fourth-order valence-electron chi connectivity index (χ4n) is 1.27. The second kappa shape index (κ2) is 3.41. The fourth-order valence-corrected chi connectivity index (χ4v) is 1.27. The number of nitro groups is 1. The van der Waals surface area contributed by atoms with Gasteiger partial charge < -0.3 is 5.73 Å². The Balaban J connectivity index is 3.49. The summed E-state index contributed by atoms with van der Waals surface area (Å²) >= 11 is 0. The second-order valence-corrected chi connectivity index (χ2v) is 2.93. The van der Waals surface area contributed by atoms with Gasteiger partial charge in [-0.3, -0.25) is 10.1 Å². The molecule has 1 aromatic carbocycles. The molecule has 7 heteroatoms. The molecule has 0 aliphatic carbocycles. The first-order valence-electron chi connectivity index (χ1n) is 3.86. The summed E-state index contributed by atoms with van der Waals surface area (Å²) in [5.41, 5.74) is 2.76. The van der Waals surface area contributed by atoms with E-state index in [-0.39, 0.29) is 5.69 Å². The summed E-state index contributed by atoms with van der Waals surface area (Å²) in [5, 5.41) is 10.5. The third-order valence-corrected chi connectivity index (χ3v) is 1.95. The highest BCUT2D eigenvalue weighted by Crippen LogP contribution is 2.37. The predicted octanol–water partition coefficient (Wildman–Crippen LogP) is 2.50. The monoisotopic (exact) mass is 220 g/mol. The summed E-state index contributed by atoms with van der Waals surface area (Å²) in [6, 6.07) is 1.62. The van der Waals surface area contributed by atoms with Crippen LogP contribution >= 0.6 is 0 Å². The number of benzene rings is 1. The Hall–Kier alpha value is -1.79. The van der Waals surface area contributed by atoms with Crippen LogP contribution < -0.4 is 5.73 Å². The van der Waals surface area contributed by atoms with Crippen molar-refractivity contribution in [2.24, 2.45) is 0 Å². The minimum atomic E-state index is -4.61. The molecule has 0 bridgehead atoms. The van der Waals surface area contributed by atoms with Gasteiger partial charge in [0.25, 0.3) is 5.69 Å². The van der Waals surface area contributed by atoms with Crippen LogP contribution in [0.3, 0.4) is 0 Å². The molecular formula is C8H7F3N2O2. The van der Waals surface area contributed by atoms with Gasteiger partial charge in [-0.05, 0) is 19.1 Å². The van der Waals surface area contributed by atoms with E-state index in [1.54, 1.807) is 0 Å². The Labute approximate surface area is 82.7 Å². The van der Waals surface area contributed by atoms with Gasteiger partial charge in [0, 0.05) is 5.56 Å². The molecule has 0 amide bonds. The largest absolute Gasteiger partial charge is 0.416 e. The summed E-state index contributed by atoms with van der Waals surface area (Å²) in [6.45, 7) is 1.03. The molecule has 0 aliphatic heterocycles. The molecule has 0 unspecified atom stereocenters. The smallest absolute Gasteiger partial charge is 0.393 e. The molecule has 0 fully saturated rings. The highest BCUT2D eigenvalue weighted by molar-refractivity contribution is 5.64. The predicted molar refractivity (Wildman–Crippen MR) is 47.2 cm³/mol. The molecule has 0 saturated carbocycles. The molecular weight excluding hydrogens is 213 g/mol. The van der Waals surface area contributed by atoms with Crippen molar-refractivity contribution in [3.05, 3.63) is 33.4 Å². The maximum Gasteiger partial charge on any atom is 0.416 e. The molecule has 0 aliphatic rings. The first kappa shape index (κ1) is 11.3. The van der Waals surface area contributed by atoms with Crippen LogP contribution in [0.5, 0.6) is 0 Å². The maximum atomic E-state index is 12.4. The Morgan fingerprint density at radius 3 is 2.33 bits per heavy atom. The lowest BCUT2D eigenvalue weighted by molar-refractivity contribution is -0.384. The molecule has 4 nitrogen and oxygen atoms in total. The van der Waals surface area contributed by atoms with Gasteiger partial charge >= 0.3 is 6.18 Å². The standard InChI is InChI=1S/C8H7F3N2O2/c1-4-5(8(9,10)11)2-3-6(12)7(4)13(14)15/h2-3H,12H2,1H3. The van der Waals surface area contributed by atoms with Crippen molar-refractivity contribution in [3.8, 4) is 0 Å². The van der Waals surface area contributed by atoms with Gasteiger partial charge in [0.2, 0.25) is 0 Å². The maximum absolute atomic E-state index is 12.4. The number of alkyl halides is 3. The first-order valence-corrected chi connectivity index (χ1v) is 3.86. The van der Waals surface area contributed by atoms with Crippen LogP contribution in [0.2, 0.25) is 0 Å². The zero-order chi connectivity index (χ0) is 11.8. The van der Waals surface area contributed by atoms with Crippen LogP contribution in [-0.2, 0) is 6.18 Å². The molecule has 1 rings (SSSR count). The highest BCUT2D eigenvalue weighted by Gasteiger charge is 2.35. The van der Waals surface area contributed by atoms with E-state index in [0.717, 1.165) is 19.1 Å². The van der Waals surface area contributed by atoms with E-state index >= 15 is 0 Å². The third-order valence-electron chi connectivity index (χ3n) is 1.95. The summed E-state index contributed by atoms with van der Waals surface area (Å²) in [6.07, 6.45) is -4.61. The van der Waals surface area contributed by atoms with Gasteiger partial charge in [-0.2, -0.15) is 13.2 Å². The minimum Gasteiger partial charge on any atom is -0.393 e. The van der Waals surface area contributed by atoms with Crippen LogP contribution in [-0.4, -0.2) is 4.92 Å². The number of nitrogens with two attached hydrogens (primary N) is 1. The Morgan fingerprint density at radius 1 is 1.40 bits per heavy atom. The number of nitrogens with zero attached hydrogens (tertiary/aromatic N) is 1. The molecule has 0 saturated heterocycles. The zero-order valence-electron chi connectivity index (χ0n) is 7.63. The van der Waals surface area contributed by atoms with Crippen molar-refractivity contribution in [1.29, 1.82) is 0 Å². The van der Waals surface area contributed by atoms with E-state index in [2.05, 4.69) is 0 Å². The van der Waals surface area contributed by atoms with Crippen molar-refractivity contribution in [2.45, 2.75) is 13.1 Å². The zero-order valence-corrected chi connectivity index (χ0v) is 7.63. The van der Waals surface area contributed by atoms with E-state index in [4.69, 9.17) is 5.73 Å². The van der Waals surface area contributed by atoms with Gasteiger partial charge in [0.1, 0.15) is 5.69 Å². The number of anilines is 1. The first-order chi connectivity index (χ1) is 6.75. The number of rotatable bonds is 1. The molecule has 15 heavy (non-hydrogen) atoms. The van der Waals surface area contributed by atoms with Gasteiger partial charge in [-0.15, -0.1) is 0 Å². The summed E-state index contributed by atoms with van der Waals surface area (Å²) in [5.74, 6) is 0. The third kappa shape index (κ3) is 2.00. The molecule has 0 atom stereocenters. The van der Waals surface area contributed by atoms with E-state index in [1.807, 2.05) is 0 Å². The molecule has 0 aromatic heterocycles. The quantitative estimate of drug-likeness (QED) is 0.449. The molecule has 1 aromatic rings. The van der Waals surface area contributed by atoms with Gasteiger partial charge in [-0.1, -0.05) is 0 Å². The Kier molecular flexibility index (Phi) is 2.57. The highest BCUT2D eigenvalue weighted by atomic mass is 19.4. The lowest BCUT2D eigenvalue weighted by Gasteiger charge is -2.10. The second-order valence-electron chi connectivity index (χ2n) is 2.93. The van der Waals surface area contributed by atoms with E-state index in [1.165, 1.54) is 0 Å². The molecule has 0 spiro atoms. The van der Waals surface area contributed by atoms with E-state index in [0.29, 0.717) is 0 Å². The molecule has 0 heterocycles. The van der Waals surface area contributed by atoms with Crippen molar-refractivity contribution in [3.63, 3.8) is 0 Å². The summed E-state index contributed by atoms with van der Waals surface area (Å²) in [7, 11) is 0. The van der Waals surface area contributed by atoms with Gasteiger partial charge in [0.15, 0.2) is 0 Å². The number of hydrogen-bond donors (Lipinski definition) is 1. The number of hydrogen-bond acceptors (Lipinski definition) is 3. The fraction of sp³-hybridized carbons (Fsp3) is 0.250. The van der Waals surface area contributed by atoms with Crippen LogP contribution in [0.15, 0.2) is 12.1 Å². The van der Waals surface area contributed by atoms with E-state index < -0.39 is 27.9 Å². The summed E-state index contributed by atoms with van der Waals surface area (Å²) in [4.78, 5) is 9.56. The van der Waals surface area contributed by atoms with Gasteiger partial charge in [-0.25, -0.2) is 0 Å². The minimum absolute atomic E-state index is 0.273. The van der Waals surface area contributed by atoms with Crippen molar-refractivity contribution >= 4 is 11.4 Å². The Bertz CT molecular complexity index is 415. The Morgan fingerprint density at radius 2 is 1.93 bits per heavy atom. The average molecular weight is 220 g/mol. The molecule has 82 valence electrons. The van der Waals surface area contributed by atoms with E-state index in [9.17, 15) is 23.3 Å². The number of halogens is 3. The van der Waals surface area contributed by atoms with Crippen molar-refractivity contribution < 1.29 is 18.1 Å². The van der Waals surface area contributed by atoms with Gasteiger partial charge in [0.05, 0.1) is 10.5 Å². The SMILES string of the molecule is Cc1c(C(F)(F)F)ccc(N)c1[N+](=O)[O-]. The summed E-state index contributed by atoms with van der Waals surface area (Å²) < 4.78 is 37.1. The number of nitro benzene ring substituents is 1. The topological polar surface area (TPSA) is 69.2 Å². The van der Waals surface area contributed by atoms with Crippen LogP contribution in [0.1, 0.15) is 11.1 Å². The average Bonchev–Trinajstić information content (AvgIpc) is 2.00. The lowest BCUT2D eigenvalue weighted by Crippen LogP contribution is -2.10.